The molecule has 282 valence electrons. The lowest BCUT2D eigenvalue weighted by atomic mass is 9.63. The number of imide groups is 2. The molecule has 3 aromatic carbocycles. The van der Waals surface area contributed by atoms with E-state index in [-0.39, 0.29) is 35.8 Å². The third kappa shape index (κ3) is 6.24. The number of nitrogens with zero attached hydrogens (tertiary/aromatic N) is 4. The molecule has 2 saturated heterocycles. The summed E-state index contributed by atoms with van der Waals surface area (Å²) in [6.45, 7) is 5.09. The Hall–Kier alpha value is -5.54. The van der Waals surface area contributed by atoms with Crippen LogP contribution in [0.4, 0.5) is 5.69 Å². The first-order valence-electron chi connectivity index (χ1n) is 19.5. The zero-order valence-electron chi connectivity index (χ0n) is 31.0. The zero-order chi connectivity index (χ0) is 38.1. The highest BCUT2D eigenvalue weighted by Crippen LogP contribution is 2.49. The molecule has 5 amide bonds. The predicted molar refractivity (Wildman–Crippen MR) is 201 cm³/mol. The molecular weight excluding hydrogens is 697 g/mol. The van der Waals surface area contributed by atoms with E-state index in [1.165, 1.54) is 0 Å². The first-order chi connectivity index (χ1) is 26.5. The van der Waals surface area contributed by atoms with E-state index >= 15 is 0 Å². The lowest BCUT2D eigenvalue weighted by molar-refractivity contribution is -0.136. The summed E-state index contributed by atoms with van der Waals surface area (Å²) >= 11 is 0. The Morgan fingerprint density at radius 2 is 1.49 bits per heavy atom. The van der Waals surface area contributed by atoms with E-state index in [9.17, 15) is 29.2 Å². The van der Waals surface area contributed by atoms with Gasteiger partial charge in [-0.3, -0.25) is 39.1 Å². The molecule has 10 rings (SSSR count). The number of aryl methyl sites for hydroxylation is 1. The lowest BCUT2D eigenvalue weighted by Crippen LogP contribution is -2.60. The second-order valence-corrected chi connectivity index (χ2v) is 16.4. The number of nitriles is 1. The van der Waals surface area contributed by atoms with Gasteiger partial charge in [0, 0.05) is 55.4 Å². The number of hydrogen-bond donors (Lipinski definition) is 2. The molecule has 0 spiro atoms. The van der Waals surface area contributed by atoms with E-state index in [0.29, 0.717) is 41.4 Å². The van der Waals surface area contributed by atoms with Gasteiger partial charge in [0.1, 0.15) is 17.4 Å². The van der Waals surface area contributed by atoms with Crippen LogP contribution in [-0.2, 0) is 22.7 Å². The molecule has 4 heterocycles. The lowest BCUT2D eigenvalue weighted by Gasteiger charge is -2.53. The highest BCUT2D eigenvalue weighted by molar-refractivity contribution is 6.23. The van der Waals surface area contributed by atoms with Crippen LogP contribution in [0.1, 0.15) is 118 Å². The largest absolute Gasteiger partial charge is 0.487 e. The Labute approximate surface area is 319 Å². The predicted octanol–water partition coefficient (Wildman–Crippen LogP) is 4.91. The average molecular weight is 741 g/mol. The number of ether oxygens (including phenoxy) is 1. The van der Waals surface area contributed by atoms with Crippen LogP contribution < -0.4 is 20.3 Å². The number of piperidine rings is 2. The molecular formula is C43H44N6O6. The van der Waals surface area contributed by atoms with Crippen LogP contribution in [0.2, 0.25) is 0 Å². The summed E-state index contributed by atoms with van der Waals surface area (Å²) < 4.78 is 6.54. The van der Waals surface area contributed by atoms with Crippen molar-refractivity contribution < 1.29 is 28.7 Å². The van der Waals surface area contributed by atoms with Crippen molar-refractivity contribution in [2.24, 2.45) is 0 Å². The SMILES string of the molecule is Cc1cc(OC23CCC(NC(=O)c4ccc(N5CCC(N6Cc7cc8c(cc7C6)C(=O)N(C6CCC(=O)NC6=O)C8=O)CC5)cc4)(CC2)CC3)ccc1C#N. The fourth-order valence-electron chi connectivity index (χ4n) is 9.85. The zero-order valence-corrected chi connectivity index (χ0v) is 31.0. The Bertz CT molecular complexity index is 2110. The normalized spacial score (nSPS) is 26.4. The van der Waals surface area contributed by atoms with Crippen molar-refractivity contribution >= 4 is 35.2 Å². The van der Waals surface area contributed by atoms with E-state index in [4.69, 9.17) is 4.74 Å². The summed E-state index contributed by atoms with van der Waals surface area (Å²) in [6, 6.07) is 18.9. The van der Waals surface area contributed by atoms with E-state index in [0.717, 1.165) is 97.5 Å². The Balaban J connectivity index is 0.766. The van der Waals surface area contributed by atoms with Crippen LogP contribution in [0.25, 0.3) is 0 Å². The first kappa shape index (κ1) is 35.2. The average Bonchev–Trinajstić information content (AvgIpc) is 3.72. The number of benzene rings is 3. The quantitative estimate of drug-likeness (QED) is 0.322. The van der Waals surface area contributed by atoms with Gasteiger partial charge in [0.15, 0.2) is 0 Å². The molecule has 55 heavy (non-hydrogen) atoms. The maximum absolute atomic E-state index is 13.5. The molecule has 4 aliphatic heterocycles. The number of carbonyl (C=O) groups excluding carboxylic acids is 5. The summed E-state index contributed by atoms with van der Waals surface area (Å²) in [4.78, 5) is 70.1. The van der Waals surface area contributed by atoms with Gasteiger partial charge in [0.25, 0.3) is 17.7 Å². The Morgan fingerprint density at radius 1 is 0.855 bits per heavy atom. The smallest absolute Gasteiger partial charge is 0.262 e. The van der Waals surface area contributed by atoms with E-state index in [1.807, 2.05) is 61.5 Å². The summed E-state index contributed by atoms with van der Waals surface area (Å²) in [5.41, 5.74) is 5.66. The molecule has 0 radical (unpaired) electrons. The van der Waals surface area contributed by atoms with Crippen LogP contribution in [0.3, 0.4) is 0 Å². The summed E-state index contributed by atoms with van der Waals surface area (Å²) in [5.74, 6) is -1.15. The molecule has 5 fully saturated rings. The van der Waals surface area contributed by atoms with Gasteiger partial charge < -0.3 is 15.0 Å². The number of amides is 5. The minimum absolute atomic E-state index is 0.0325. The number of anilines is 1. The number of fused-ring (bicyclic) bond motifs is 5. The fourth-order valence-corrected chi connectivity index (χ4v) is 9.85. The van der Waals surface area contributed by atoms with Gasteiger partial charge >= 0.3 is 0 Å². The maximum Gasteiger partial charge on any atom is 0.262 e. The molecule has 1 atom stereocenters. The van der Waals surface area contributed by atoms with Crippen molar-refractivity contribution in [3.05, 3.63) is 93.5 Å². The highest BCUT2D eigenvalue weighted by Gasteiger charge is 2.51. The first-order valence-corrected chi connectivity index (χ1v) is 19.5. The summed E-state index contributed by atoms with van der Waals surface area (Å²) in [5, 5.41) is 14.9. The Kier molecular flexibility index (Phi) is 8.53. The summed E-state index contributed by atoms with van der Waals surface area (Å²) in [7, 11) is 0. The minimum Gasteiger partial charge on any atom is -0.487 e. The van der Waals surface area contributed by atoms with Crippen LogP contribution in [-0.4, -0.2) is 75.6 Å². The molecule has 3 aromatic rings. The van der Waals surface area contributed by atoms with Gasteiger partial charge in [-0.15, -0.1) is 0 Å². The van der Waals surface area contributed by atoms with Crippen LogP contribution in [0.15, 0.2) is 54.6 Å². The third-order valence-corrected chi connectivity index (χ3v) is 13.2. The van der Waals surface area contributed by atoms with E-state index in [2.05, 4.69) is 26.5 Å². The van der Waals surface area contributed by atoms with Gasteiger partial charge in [0.05, 0.1) is 22.8 Å². The van der Waals surface area contributed by atoms with Crippen molar-refractivity contribution in [1.82, 2.24) is 20.4 Å². The number of rotatable bonds is 7. The van der Waals surface area contributed by atoms with Crippen molar-refractivity contribution in [3.63, 3.8) is 0 Å². The topological polar surface area (TPSA) is 152 Å². The van der Waals surface area contributed by atoms with Gasteiger partial charge in [-0.05, 0) is 136 Å². The monoisotopic (exact) mass is 740 g/mol. The van der Waals surface area contributed by atoms with Crippen molar-refractivity contribution in [2.45, 2.75) is 107 Å². The molecule has 2 bridgehead atoms. The second kappa shape index (κ2) is 13.3. The van der Waals surface area contributed by atoms with Gasteiger partial charge in [-0.1, -0.05) is 0 Å². The Morgan fingerprint density at radius 3 is 2.07 bits per heavy atom. The molecule has 0 aromatic heterocycles. The highest BCUT2D eigenvalue weighted by atomic mass is 16.5. The minimum atomic E-state index is -0.964. The third-order valence-electron chi connectivity index (χ3n) is 13.2. The second-order valence-electron chi connectivity index (χ2n) is 16.4. The molecule has 1 unspecified atom stereocenters. The maximum atomic E-state index is 13.5. The number of carbonyl (C=O) groups is 5. The van der Waals surface area contributed by atoms with Crippen molar-refractivity contribution in [1.29, 1.82) is 5.26 Å². The van der Waals surface area contributed by atoms with Crippen LogP contribution >= 0.6 is 0 Å². The fraction of sp³-hybridized carbons (Fsp3) is 0.442. The summed E-state index contributed by atoms with van der Waals surface area (Å²) in [6.07, 6.45) is 7.47. The van der Waals surface area contributed by atoms with Crippen LogP contribution in [0.5, 0.6) is 5.75 Å². The van der Waals surface area contributed by atoms with Gasteiger partial charge in [-0.2, -0.15) is 5.26 Å². The van der Waals surface area contributed by atoms with Crippen molar-refractivity contribution in [2.75, 3.05) is 18.0 Å². The standard InChI is InChI=1S/C43H44N6O6/c1-26-20-33(7-4-28(26)23-44)55-43-15-12-42(13-16-43,14-17-43)46-38(51)27-2-5-31(6-3-27)47-18-10-32(11-19-47)48-24-29-21-34-35(22-30(29)25-48)41(54)49(40(34)53)36-8-9-37(50)45-39(36)52/h2-7,20-22,32,36H,8-19,24-25H2,1H3,(H,46,51)(H,45,50,52). The molecule has 12 nitrogen and oxygen atoms in total. The van der Waals surface area contributed by atoms with Crippen molar-refractivity contribution in [3.8, 4) is 11.8 Å². The molecule has 3 saturated carbocycles. The molecule has 12 heteroatoms. The van der Waals surface area contributed by atoms with E-state index in [1.54, 1.807) is 0 Å². The van der Waals surface area contributed by atoms with Gasteiger partial charge in [0.2, 0.25) is 11.8 Å². The molecule has 7 aliphatic rings. The molecule has 3 aliphatic carbocycles. The van der Waals surface area contributed by atoms with Crippen LogP contribution in [0, 0.1) is 18.3 Å². The van der Waals surface area contributed by atoms with Gasteiger partial charge in [-0.25, -0.2) is 0 Å². The van der Waals surface area contributed by atoms with E-state index < -0.39 is 23.8 Å². The number of hydrogen-bond acceptors (Lipinski definition) is 9. The number of nitrogens with one attached hydrogen (secondary N) is 2. The molecule has 2 N–H and O–H groups in total.